The minimum absolute atomic E-state index is 0.371. The fraction of sp³-hybridized carbons (Fsp3) is 0.444. The number of esters is 1. The van der Waals surface area contributed by atoms with Gasteiger partial charge in [-0.05, 0) is 19.5 Å². The first-order valence-corrected chi connectivity index (χ1v) is 4.06. The molecule has 0 saturated heterocycles. The number of ether oxygens (including phenoxy) is 1. The van der Waals surface area contributed by atoms with Gasteiger partial charge in [0.1, 0.15) is 17.1 Å². The zero-order valence-electron chi connectivity index (χ0n) is 7.79. The maximum absolute atomic E-state index is 11.1. The van der Waals surface area contributed by atoms with E-state index >= 15 is 0 Å². The number of hydrogen-bond donors (Lipinski definition) is 1. The quantitative estimate of drug-likeness (QED) is 0.706. The number of furan rings is 1. The summed E-state index contributed by atoms with van der Waals surface area (Å²) in [6.07, 6.45) is 0.637. The van der Waals surface area contributed by atoms with Gasteiger partial charge in [-0.3, -0.25) is 0 Å². The van der Waals surface area contributed by atoms with Crippen LogP contribution in [0.4, 0.5) is 0 Å². The summed E-state index contributed by atoms with van der Waals surface area (Å²) < 4.78 is 9.88. The van der Waals surface area contributed by atoms with Crippen molar-refractivity contribution in [3.8, 4) is 0 Å². The van der Waals surface area contributed by atoms with Crippen molar-refractivity contribution in [1.82, 2.24) is 0 Å². The molecule has 0 saturated carbocycles. The van der Waals surface area contributed by atoms with Crippen molar-refractivity contribution in [3.63, 3.8) is 0 Å². The zero-order valence-corrected chi connectivity index (χ0v) is 7.79. The molecule has 1 aromatic heterocycles. The average molecular weight is 183 g/mol. The molecule has 13 heavy (non-hydrogen) atoms. The Labute approximate surface area is 76.7 Å². The molecule has 0 unspecified atom stereocenters. The predicted octanol–water partition coefficient (Wildman–Crippen LogP) is 0.876. The molecule has 2 N–H and O–H groups in total. The van der Waals surface area contributed by atoms with Crippen LogP contribution >= 0.6 is 0 Å². The van der Waals surface area contributed by atoms with E-state index in [4.69, 9.17) is 10.2 Å². The van der Waals surface area contributed by atoms with Gasteiger partial charge in [0.15, 0.2) is 0 Å². The largest absolute Gasteiger partial charge is 0.465 e. The molecule has 0 atom stereocenters. The van der Waals surface area contributed by atoms with E-state index < -0.39 is 0 Å². The summed E-state index contributed by atoms with van der Waals surface area (Å²) in [5.41, 5.74) is 5.83. The highest BCUT2D eigenvalue weighted by molar-refractivity contribution is 5.90. The van der Waals surface area contributed by atoms with E-state index in [1.807, 2.05) is 0 Å². The predicted molar refractivity (Wildman–Crippen MR) is 47.5 cm³/mol. The molecular formula is C9H13NO3. The summed E-state index contributed by atoms with van der Waals surface area (Å²) in [6, 6.07) is 1.67. The van der Waals surface area contributed by atoms with Gasteiger partial charge in [0.25, 0.3) is 0 Å². The second kappa shape index (κ2) is 4.09. The van der Waals surface area contributed by atoms with E-state index in [2.05, 4.69) is 4.74 Å². The minimum atomic E-state index is -0.371. The van der Waals surface area contributed by atoms with Gasteiger partial charge in [0, 0.05) is 6.42 Å². The van der Waals surface area contributed by atoms with Crippen LogP contribution in [0.2, 0.25) is 0 Å². The molecule has 72 valence electrons. The number of carbonyl (C=O) groups excluding carboxylic acids is 1. The number of rotatable bonds is 3. The van der Waals surface area contributed by atoms with Crippen LogP contribution in [0.3, 0.4) is 0 Å². The summed E-state index contributed by atoms with van der Waals surface area (Å²) in [4.78, 5) is 11.1. The Morgan fingerprint density at radius 2 is 2.38 bits per heavy atom. The van der Waals surface area contributed by atoms with Crippen molar-refractivity contribution in [2.75, 3.05) is 13.7 Å². The first-order chi connectivity index (χ1) is 6.19. The van der Waals surface area contributed by atoms with Crippen molar-refractivity contribution in [3.05, 3.63) is 23.2 Å². The number of methoxy groups -OCH3 is 1. The monoisotopic (exact) mass is 183 g/mol. The molecule has 4 heteroatoms. The van der Waals surface area contributed by atoms with Crippen LogP contribution in [0.5, 0.6) is 0 Å². The first kappa shape index (κ1) is 9.80. The van der Waals surface area contributed by atoms with Crippen molar-refractivity contribution >= 4 is 5.97 Å². The summed E-state index contributed by atoms with van der Waals surface area (Å²) in [7, 11) is 1.34. The molecule has 1 aromatic rings. The second-order valence-electron chi connectivity index (χ2n) is 2.71. The number of carbonyl (C=O) groups is 1. The maximum Gasteiger partial charge on any atom is 0.341 e. The minimum Gasteiger partial charge on any atom is -0.465 e. The SMILES string of the molecule is COC(=O)c1cc(CCN)oc1C. The van der Waals surface area contributed by atoms with Gasteiger partial charge in [-0.25, -0.2) is 4.79 Å². The van der Waals surface area contributed by atoms with Gasteiger partial charge >= 0.3 is 5.97 Å². The zero-order chi connectivity index (χ0) is 9.84. The number of hydrogen-bond acceptors (Lipinski definition) is 4. The standard InChI is InChI=1S/C9H13NO3/c1-6-8(9(11)12-2)5-7(13-6)3-4-10/h5H,3-4,10H2,1-2H3. The lowest BCUT2D eigenvalue weighted by Crippen LogP contribution is -2.02. The highest BCUT2D eigenvalue weighted by Gasteiger charge is 2.14. The van der Waals surface area contributed by atoms with Gasteiger partial charge in [-0.1, -0.05) is 0 Å². The van der Waals surface area contributed by atoms with E-state index in [0.29, 0.717) is 24.3 Å². The third-order valence-electron chi connectivity index (χ3n) is 1.76. The van der Waals surface area contributed by atoms with Crippen LogP contribution in [-0.4, -0.2) is 19.6 Å². The molecule has 0 aromatic carbocycles. The van der Waals surface area contributed by atoms with Gasteiger partial charge in [-0.15, -0.1) is 0 Å². The molecule has 0 aliphatic carbocycles. The first-order valence-electron chi connectivity index (χ1n) is 4.06. The Morgan fingerprint density at radius 1 is 1.69 bits per heavy atom. The molecule has 0 amide bonds. The normalized spacial score (nSPS) is 10.1. The van der Waals surface area contributed by atoms with Crippen LogP contribution in [0.15, 0.2) is 10.5 Å². The number of nitrogens with two attached hydrogens (primary N) is 1. The van der Waals surface area contributed by atoms with Gasteiger partial charge in [0.2, 0.25) is 0 Å². The van der Waals surface area contributed by atoms with E-state index in [0.717, 1.165) is 5.76 Å². The van der Waals surface area contributed by atoms with Crippen LogP contribution in [0.25, 0.3) is 0 Å². The van der Waals surface area contributed by atoms with Crippen molar-refractivity contribution in [2.45, 2.75) is 13.3 Å². The van der Waals surface area contributed by atoms with Crippen LogP contribution in [-0.2, 0) is 11.2 Å². The molecule has 0 fully saturated rings. The smallest absolute Gasteiger partial charge is 0.341 e. The van der Waals surface area contributed by atoms with Gasteiger partial charge < -0.3 is 14.9 Å². The van der Waals surface area contributed by atoms with Crippen LogP contribution in [0, 0.1) is 6.92 Å². The van der Waals surface area contributed by atoms with Crippen molar-refractivity contribution < 1.29 is 13.9 Å². The Kier molecular flexibility index (Phi) is 3.08. The molecule has 0 aliphatic rings. The van der Waals surface area contributed by atoms with E-state index in [1.165, 1.54) is 7.11 Å². The summed E-state index contributed by atoms with van der Waals surface area (Å²) in [5, 5.41) is 0. The summed E-state index contributed by atoms with van der Waals surface area (Å²) in [5.74, 6) is 0.931. The molecule has 0 radical (unpaired) electrons. The molecule has 0 spiro atoms. The Morgan fingerprint density at radius 3 is 2.92 bits per heavy atom. The van der Waals surface area contributed by atoms with Crippen molar-refractivity contribution in [1.29, 1.82) is 0 Å². The molecule has 1 heterocycles. The Hall–Kier alpha value is -1.29. The van der Waals surface area contributed by atoms with Crippen molar-refractivity contribution in [2.24, 2.45) is 5.73 Å². The van der Waals surface area contributed by atoms with E-state index in [1.54, 1.807) is 13.0 Å². The third-order valence-corrected chi connectivity index (χ3v) is 1.76. The fourth-order valence-electron chi connectivity index (χ4n) is 1.12. The molecule has 1 rings (SSSR count). The highest BCUT2D eigenvalue weighted by Crippen LogP contribution is 2.15. The maximum atomic E-state index is 11.1. The lowest BCUT2D eigenvalue weighted by Gasteiger charge is -1.93. The van der Waals surface area contributed by atoms with Gasteiger partial charge in [-0.2, -0.15) is 0 Å². The second-order valence-corrected chi connectivity index (χ2v) is 2.71. The molecule has 0 bridgehead atoms. The summed E-state index contributed by atoms with van der Waals surface area (Å²) >= 11 is 0. The Balaban J connectivity index is 2.89. The topological polar surface area (TPSA) is 65.5 Å². The van der Waals surface area contributed by atoms with E-state index in [-0.39, 0.29) is 5.97 Å². The lowest BCUT2D eigenvalue weighted by molar-refractivity contribution is 0.0599. The van der Waals surface area contributed by atoms with E-state index in [9.17, 15) is 4.79 Å². The third kappa shape index (κ3) is 2.09. The van der Waals surface area contributed by atoms with Gasteiger partial charge in [0.05, 0.1) is 7.11 Å². The summed E-state index contributed by atoms with van der Waals surface area (Å²) in [6.45, 7) is 2.24. The highest BCUT2D eigenvalue weighted by atomic mass is 16.5. The molecule has 4 nitrogen and oxygen atoms in total. The molecule has 0 aliphatic heterocycles. The molecular weight excluding hydrogens is 170 g/mol. The number of aryl methyl sites for hydroxylation is 1. The Bertz CT molecular complexity index is 304. The van der Waals surface area contributed by atoms with Crippen LogP contribution in [0.1, 0.15) is 21.9 Å². The lowest BCUT2D eigenvalue weighted by atomic mass is 10.2. The van der Waals surface area contributed by atoms with Crippen LogP contribution < -0.4 is 5.73 Å². The fourth-order valence-corrected chi connectivity index (χ4v) is 1.12. The average Bonchev–Trinajstić information content (AvgIpc) is 2.46.